The van der Waals surface area contributed by atoms with E-state index in [1.165, 1.54) is 0 Å². The fourth-order valence-corrected chi connectivity index (χ4v) is 2.81. The van der Waals surface area contributed by atoms with E-state index in [0.29, 0.717) is 19.0 Å². The lowest BCUT2D eigenvalue weighted by Crippen LogP contribution is -2.56. The van der Waals surface area contributed by atoms with Gasteiger partial charge in [0.1, 0.15) is 0 Å². The van der Waals surface area contributed by atoms with E-state index >= 15 is 0 Å². The molecule has 0 saturated carbocycles. The van der Waals surface area contributed by atoms with Crippen LogP contribution in [0.2, 0.25) is 0 Å². The first kappa shape index (κ1) is 19.5. The molecule has 1 aromatic rings. The van der Waals surface area contributed by atoms with Crippen LogP contribution in [-0.2, 0) is 11.3 Å². The summed E-state index contributed by atoms with van der Waals surface area (Å²) in [6.07, 6.45) is 1.74. The van der Waals surface area contributed by atoms with Crippen LogP contribution in [0.5, 0.6) is 5.88 Å². The zero-order chi connectivity index (χ0) is 18.1. The van der Waals surface area contributed by atoms with Crippen LogP contribution in [0.4, 0.5) is 0 Å². The maximum atomic E-state index is 5.57. The lowest BCUT2D eigenvalue weighted by atomic mass is 10.0. The Morgan fingerprint density at radius 1 is 1.36 bits per heavy atom. The number of guanidine groups is 1. The van der Waals surface area contributed by atoms with Gasteiger partial charge in [-0.2, -0.15) is 0 Å². The molecule has 0 bridgehead atoms. The second kappa shape index (κ2) is 9.58. The molecule has 0 unspecified atom stereocenters. The molecule has 0 spiro atoms. The second-order valence-corrected chi connectivity index (χ2v) is 6.59. The molecule has 7 nitrogen and oxygen atoms in total. The van der Waals surface area contributed by atoms with E-state index in [9.17, 15) is 0 Å². The number of morpholine rings is 1. The maximum Gasteiger partial charge on any atom is 0.218 e. The Balaban J connectivity index is 1.86. The molecule has 2 N–H and O–H groups in total. The van der Waals surface area contributed by atoms with Gasteiger partial charge < -0.3 is 20.1 Å². The summed E-state index contributed by atoms with van der Waals surface area (Å²) in [6.45, 7) is 12.0. The maximum absolute atomic E-state index is 5.57. The van der Waals surface area contributed by atoms with Crippen molar-refractivity contribution in [3.05, 3.63) is 23.9 Å². The third-order valence-corrected chi connectivity index (χ3v) is 4.36. The van der Waals surface area contributed by atoms with Crippen molar-refractivity contribution in [2.45, 2.75) is 32.9 Å². The lowest BCUT2D eigenvalue weighted by molar-refractivity contribution is -0.00834. The molecule has 0 radical (unpaired) electrons. The van der Waals surface area contributed by atoms with E-state index in [2.05, 4.69) is 39.4 Å². The van der Waals surface area contributed by atoms with Crippen molar-refractivity contribution in [3.8, 4) is 5.88 Å². The number of nitrogens with one attached hydrogen (secondary N) is 2. The number of ether oxygens (including phenoxy) is 2. The summed E-state index contributed by atoms with van der Waals surface area (Å²) in [5.74, 6) is 1.44. The van der Waals surface area contributed by atoms with Gasteiger partial charge in [0.25, 0.3) is 0 Å². The molecule has 1 aromatic heterocycles. The monoisotopic (exact) mass is 349 g/mol. The first-order valence-corrected chi connectivity index (χ1v) is 8.91. The van der Waals surface area contributed by atoms with Gasteiger partial charge in [-0.05, 0) is 26.8 Å². The zero-order valence-corrected chi connectivity index (χ0v) is 15.8. The summed E-state index contributed by atoms with van der Waals surface area (Å²) >= 11 is 0. The van der Waals surface area contributed by atoms with Crippen molar-refractivity contribution in [3.63, 3.8) is 0 Å². The number of aromatic nitrogens is 1. The van der Waals surface area contributed by atoms with E-state index in [1.54, 1.807) is 13.2 Å². The summed E-state index contributed by atoms with van der Waals surface area (Å²) in [5, 5.41) is 6.76. The smallest absolute Gasteiger partial charge is 0.218 e. The second-order valence-electron chi connectivity index (χ2n) is 6.59. The third-order valence-electron chi connectivity index (χ3n) is 4.36. The standard InChI is InChI=1S/C18H31N5O2/c1-5-25-16-15(7-6-8-20-16)13-21-17(19-4)22-14-18(2,3)23-9-11-24-12-10-23/h6-8H,5,9-14H2,1-4H3,(H2,19,21,22). The van der Waals surface area contributed by atoms with Gasteiger partial charge in [0, 0.05) is 50.5 Å². The van der Waals surface area contributed by atoms with Crippen LogP contribution >= 0.6 is 0 Å². The fourth-order valence-electron chi connectivity index (χ4n) is 2.81. The van der Waals surface area contributed by atoms with Gasteiger partial charge in [-0.3, -0.25) is 9.89 Å². The fraction of sp³-hybridized carbons (Fsp3) is 0.667. The molecule has 0 amide bonds. The quantitative estimate of drug-likeness (QED) is 0.570. The van der Waals surface area contributed by atoms with Gasteiger partial charge in [0.05, 0.1) is 19.8 Å². The molecule has 2 rings (SSSR count). The molecule has 7 heteroatoms. The van der Waals surface area contributed by atoms with E-state index in [1.807, 2.05) is 19.1 Å². The van der Waals surface area contributed by atoms with Gasteiger partial charge in [0.15, 0.2) is 5.96 Å². The van der Waals surface area contributed by atoms with Crippen molar-refractivity contribution < 1.29 is 9.47 Å². The molecule has 140 valence electrons. The van der Waals surface area contributed by atoms with Gasteiger partial charge in [0.2, 0.25) is 5.88 Å². The number of nitrogens with zero attached hydrogens (tertiary/aromatic N) is 3. The van der Waals surface area contributed by atoms with Crippen LogP contribution in [0.15, 0.2) is 23.3 Å². The zero-order valence-electron chi connectivity index (χ0n) is 15.8. The van der Waals surface area contributed by atoms with Crippen LogP contribution in [0.3, 0.4) is 0 Å². The van der Waals surface area contributed by atoms with Gasteiger partial charge >= 0.3 is 0 Å². The Labute approximate surface area is 150 Å². The van der Waals surface area contributed by atoms with Crippen molar-refractivity contribution in [1.82, 2.24) is 20.5 Å². The third kappa shape index (κ3) is 5.86. The molecule has 0 aromatic carbocycles. The summed E-state index contributed by atoms with van der Waals surface area (Å²) in [6, 6.07) is 3.92. The van der Waals surface area contributed by atoms with Crippen molar-refractivity contribution in [2.24, 2.45) is 4.99 Å². The minimum atomic E-state index is 0.0339. The Bertz CT molecular complexity index is 556. The number of rotatable bonds is 7. The predicted octanol–water partition coefficient (Wildman–Crippen LogP) is 1.26. The highest BCUT2D eigenvalue weighted by Crippen LogP contribution is 2.15. The van der Waals surface area contributed by atoms with Crippen LogP contribution in [-0.4, -0.2) is 67.9 Å². The van der Waals surface area contributed by atoms with Crippen molar-refractivity contribution in [1.29, 1.82) is 0 Å². The van der Waals surface area contributed by atoms with Crippen molar-refractivity contribution in [2.75, 3.05) is 46.5 Å². The van der Waals surface area contributed by atoms with Gasteiger partial charge in [-0.15, -0.1) is 0 Å². The summed E-state index contributed by atoms with van der Waals surface area (Å²) in [4.78, 5) is 11.0. The molecule has 0 atom stereocenters. The van der Waals surface area contributed by atoms with E-state index < -0.39 is 0 Å². The minimum Gasteiger partial charge on any atom is -0.478 e. The number of aliphatic imine (C=N–C) groups is 1. The first-order chi connectivity index (χ1) is 12.1. The average Bonchev–Trinajstić information content (AvgIpc) is 2.64. The summed E-state index contributed by atoms with van der Waals surface area (Å²) in [7, 11) is 1.78. The normalized spacial score (nSPS) is 16.6. The molecule has 1 aliphatic heterocycles. The highest BCUT2D eigenvalue weighted by molar-refractivity contribution is 5.79. The first-order valence-electron chi connectivity index (χ1n) is 8.91. The van der Waals surface area contributed by atoms with E-state index in [0.717, 1.165) is 44.4 Å². The Morgan fingerprint density at radius 2 is 2.12 bits per heavy atom. The van der Waals surface area contributed by atoms with E-state index in [-0.39, 0.29) is 5.54 Å². The molecule has 0 aliphatic carbocycles. The summed E-state index contributed by atoms with van der Waals surface area (Å²) in [5.41, 5.74) is 1.05. The minimum absolute atomic E-state index is 0.0339. The summed E-state index contributed by atoms with van der Waals surface area (Å²) < 4.78 is 11.0. The SMILES string of the molecule is CCOc1ncccc1CNC(=NC)NCC(C)(C)N1CCOCC1. The van der Waals surface area contributed by atoms with E-state index in [4.69, 9.17) is 9.47 Å². The molecular weight excluding hydrogens is 318 g/mol. The van der Waals surface area contributed by atoms with Crippen LogP contribution in [0.25, 0.3) is 0 Å². The predicted molar refractivity (Wildman–Crippen MR) is 100 cm³/mol. The number of hydrogen-bond acceptors (Lipinski definition) is 5. The van der Waals surface area contributed by atoms with Crippen LogP contribution in [0, 0.1) is 0 Å². The molecule has 1 fully saturated rings. The number of hydrogen-bond donors (Lipinski definition) is 2. The molecule has 1 aliphatic rings. The average molecular weight is 349 g/mol. The molecule has 25 heavy (non-hydrogen) atoms. The van der Waals surface area contributed by atoms with Crippen LogP contribution in [0.1, 0.15) is 26.3 Å². The Morgan fingerprint density at radius 3 is 2.80 bits per heavy atom. The molecule has 2 heterocycles. The lowest BCUT2D eigenvalue weighted by Gasteiger charge is -2.41. The molecular formula is C18H31N5O2. The number of pyridine rings is 1. The van der Waals surface area contributed by atoms with Gasteiger partial charge in [-0.1, -0.05) is 6.07 Å². The largest absolute Gasteiger partial charge is 0.478 e. The van der Waals surface area contributed by atoms with Crippen LogP contribution < -0.4 is 15.4 Å². The topological polar surface area (TPSA) is 71.0 Å². The Hall–Kier alpha value is -1.86. The molecule has 1 saturated heterocycles. The highest BCUT2D eigenvalue weighted by atomic mass is 16.5. The Kier molecular flexibility index (Phi) is 7.46. The van der Waals surface area contributed by atoms with Crippen molar-refractivity contribution >= 4 is 5.96 Å². The van der Waals surface area contributed by atoms with Gasteiger partial charge in [-0.25, -0.2) is 4.98 Å². The highest BCUT2D eigenvalue weighted by Gasteiger charge is 2.28.